The fraction of sp³-hybridized carbons (Fsp3) is 0.238. The zero-order valence-corrected chi connectivity index (χ0v) is 17.4. The number of nitrogens with one attached hydrogen (secondary N) is 3. The molecule has 13 heteroatoms. The zero-order valence-electron chi connectivity index (χ0n) is 17.4. The van der Waals surface area contributed by atoms with Crippen LogP contribution in [0.2, 0.25) is 0 Å². The van der Waals surface area contributed by atoms with Gasteiger partial charge < -0.3 is 20.1 Å². The topological polar surface area (TPSA) is 139 Å². The van der Waals surface area contributed by atoms with Gasteiger partial charge in [-0.2, -0.15) is 13.2 Å². The number of amides is 2. The summed E-state index contributed by atoms with van der Waals surface area (Å²) in [5.41, 5.74) is 0.839. The average molecular weight is 471 g/mol. The van der Waals surface area contributed by atoms with Crippen LogP contribution in [0.5, 0.6) is 0 Å². The highest BCUT2D eigenvalue weighted by Gasteiger charge is 2.31. The summed E-state index contributed by atoms with van der Waals surface area (Å²) in [5.74, 6) is 0.0933. The lowest BCUT2D eigenvalue weighted by molar-refractivity contribution is -0.137. The Bertz CT molecular complexity index is 1410. The van der Waals surface area contributed by atoms with E-state index in [2.05, 4.69) is 35.7 Å². The van der Waals surface area contributed by atoms with Crippen molar-refractivity contribution in [2.24, 2.45) is 0 Å². The number of H-pyrrole nitrogens is 1. The van der Waals surface area contributed by atoms with Gasteiger partial charge in [0.2, 0.25) is 11.7 Å². The van der Waals surface area contributed by atoms with Crippen LogP contribution in [0.1, 0.15) is 40.2 Å². The minimum Gasteiger partial charge on any atom is -0.353 e. The molecule has 4 aromatic rings. The molecule has 1 aromatic carbocycles. The summed E-state index contributed by atoms with van der Waals surface area (Å²) in [4.78, 5) is 39.6. The molecule has 4 heterocycles. The fourth-order valence-corrected chi connectivity index (χ4v) is 3.64. The quantitative estimate of drug-likeness (QED) is 0.415. The van der Waals surface area contributed by atoms with Crippen LogP contribution >= 0.6 is 0 Å². The zero-order chi connectivity index (χ0) is 23.9. The molecule has 0 saturated heterocycles. The van der Waals surface area contributed by atoms with Gasteiger partial charge in [0.1, 0.15) is 23.5 Å². The molecule has 3 N–H and O–H groups in total. The molecule has 2 amide bonds. The van der Waals surface area contributed by atoms with Crippen molar-refractivity contribution in [1.29, 1.82) is 0 Å². The van der Waals surface area contributed by atoms with Gasteiger partial charge in [-0.3, -0.25) is 9.59 Å². The SMILES string of the molecule is O=C1CCCc2c(ncnc2C(=O)NCc2cc(-c3nc4ccc(C(F)(F)F)cc4[nH]3)on2)N1. The first-order chi connectivity index (χ1) is 16.3. The molecule has 0 spiro atoms. The number of alkyl halides is 3. The van der Waals surface area contributed by atoms with Crippen molar-refractivity contribution in [3.05, 3.63) is 53.1 Å². The molecule has 0 unspecified atom stereocenters. The lowest BCUT2D eigenvalue weighted by atomic mass is 10.1. The molecule has 174 valence electrons. The molecule has 3 aromatic heterocycles. The monoisotopic (exact) mass is 471 g/mol. The highest BCUT2D eigenvalue weighted by molar-refractivity contribution is 5.97. The summed E-state index contributed by atoms with van der Waals surface area (Å²) in [6.07, 6.45) is -1.88. The Hall–Kier alpha value is -4.29. The summed E-state index contributed by atoms with van der Waals surface area (Å²) in [6, 6.07) is 4.70. The fourth-order valence-electron chi connectivity index (χ4n) is 3.64. The maximum absolute atomic E-state index is 12.9. The van der Waals surface area contributed by atoms with E-state index in [0.717, 1.165) is 12.1 Å². The second kappa shape index (κ2) is 8.24. The Morgan fingerprint density at radius 1 is 1.18 bits per heavy atom. The van der Waals surface area contributed by atoms with Gasteiger partial charge in [0, 0.05) is 18.1 Å². The van der Waals surface area contributed by atoms with Gasteiger partial charge in [0.25, 0.3) is 5.91 Å². The number of carbonyl (C=O) groups excluding carboxylic acids is 2. The van der Waals surface area contributed by atoms with Crippen LogP contribution < -0.4 is 10.6 Å². The second-order valence-corrected chi connectivity index (χ2v) is 7.63. The third-order valence-corrected chi connectivity index (χ3v) is 5.28. The summed E-state index contributed by atoms with van der Waals surface area (Å²) in [5, 5.41) is 9.24. The number of benzene rings is 1. The number of carbonyl (C=O) groups is 2. The van der Waals surface area contributed by atoms with Gasteiger partial charge >= 0.3 is 6.18 Å². The van der Waals surface area contributed by atoms with Gasteiger partial charge in [-0.05, 0) is 31.0 Å². The van der Waals surface area contributed by atoms with Crippen molar-refractivity contribution in [1.82, 2.24) is 30.4 Å². The van der Waals surface area contributed by atoms with Crippen molar-refractivity contribution in [2.75, 3.05) is 5.32 Å². The molecule has 1 aliphatic rings. The maximum atomic E-state index is 12.9. The maximum Gasteiger partial charge on any atom is 0.416 e. The van der Waals surface area contributed by atoms with Crippen LogP contribution in [0.4, 0.5) is 19.0 Å². The highest BCUT2D eigenvalue weighted by atomic mass is 19.4. The first-order valence-electron chi connectivity index (χ1n) is 10.2. The summed E-state index contributed by atoms with van der Waals surface area (Å²) < 4.78 is 44.0. The van der Waals surface area contributed by atoms with Crippen LogP contribution in [0.25, 0.3) is 22.6 Å². The Kier molecular flexibility index (Phi) is 5.23. The van der Waals surface area contributed by atoms with E-state index < -0.39 is 17.6 Å². The number of fused-ring (bicyclic) bond motifs is 2. The molecular weight excluding hydrogens is 455 g/mol. The number of hydrogen-bond donors (Lipinski definition) is 3. The van der Waals surface area contributed by atoms with Crippen molar-refractivity contribution in [2.45, 2.75) is 32.0 Å². The minimum atomic E-state index is -4.47. The second-order valence-electron chi connectivity index (χ2n) is 7.63. The van der Waals surface area contributed by atoms with E-state index in [-0.39, 0.29) is 35.2 Å². The Morgan fingerprint density at radius 2 is 2.03 bits per heavy atom. The van der Waals surface area contributed by atoms with Gasteiger partial charge in [-0.25, -0.2) is 15.0 Å². The highest BCUT2D eigenvalue weighted by Crippen LogP contribution is 2.31. The molecule has 1 aliphatic heterocycles. The largest absolute Gasteiger partial charge is 0.416 e. The molecule has 0 bridgehead atoms. The lowest BCUT2D eigenvalue weighted by Gasteiger charge is -2.10. The van der Waals surface area contributed by atoms with Crippen molar-refractivity contribution in [3.63, 3.8) is 0 Å². The number of halogens is 3. The van der Waals surface area contributed by atoms with Crippen LogP contribution in [0.3, 0.4) is 0 Å². The van der Waals surface area contributed by atoms with Crippen molar-refractivity contribution < 1.29 is 27.3 Å². The molecule has 0 saturated carbocycles. The molecule has 10 nitrogen and oxygen atoms in total. The number of aromatic amines is 1. The van der Waals surface area contributed by atoms with Crippen molar-refractivity contribution in [3.8, 4) is 11.6 Å². The van der Waals surface area contributed by atoms with Gasteiger partial charge in [0.15, 0.2) is 5.82 Å². The number of anilines is 1. The first kappa shape index (κ1) is 21.6. The molecular formula is C21H16F3N7O3. The van der Waals surface area contributed by atoms with E-state index in [4.69, 9.17) is 4.52 Å². The number of imidazole rings is 1. The Labute approximate surface area is 189 Å². The Balaban J connectivity index is 1.31. The van der Waals surface area contributed by atoms with Gasteiger partial charge in [-0.1, -0.05) is 5.16 Å². The third-order valence-electron chi connectivity index (χ3n) is 5.28. The lowest BCUT2D eigenvalue weighted by Crippen LogP contribution is -2.26. The number of rotatable bonds is 4. The summed E-state index contributed by atoms with van der Waals surface area (Å²) >= 11 is 0. The molecule has 34 heavy (non-hydrogen) atoms. The first-order valence-corrected chi connectivity index (χ1v) is 10.2. The normalized spacial score (nSPS) is 13.9. The van der Waals surface area contributed by atoms with E-state index in [1.54, 1.807) is 0 Å². The predicted molar refractivity (Wildman–Crippen MR) is 111 cm³/mol. The van der Waals surface area contributed by atoms with E-state index in [1.165, 1.54) is 18.5 Å². The minimum absolute atomic E-state index is 0.00587. The molecule has 0 radical (unpaired) electrons. The van der Waals surface area contributed by atoms with Gasteiger partial charge in [0.05, 0.1) is 23.1 Å². The van der Waals surface area contributed by atoms with E-state index in [9.17, 15) is 22.8 Å². The molecule has 0 aliphatic carbocycles. The average Bonchev–Trinajstić information content (AvgIpc) is 3.39. The van der Waals surface area contributed by atoms with Crippen LogP contribution in [0.15, 0.2) is 35.1 Å². The van der Waals surface area contributed by atoms with E-state index in [0.29, 0.717) is 41.9 Å². The van der Waals surface area contributed by atoms with Crippen LogP contribution in [-0.2, 0) is 23.9 Å². The standard InChI is InChI=1S/C21H16F3N7O3/c22-21(23,24)10-4-5-13-14(6-10)29-19(28-13)15-7-11(31-34-15)8-25-20(33)17-12-2-1-3-16(32)30-18(12)27-9-26-17/h4-7,9H,1-3,8H2,(H,25,33)(H,28,29)(H,26,27,30,32). The third kappa shape index (κ3) is 4.19. The van der Waals surface area contributed by atoms with Crippen LogP contribution in [0, 0.1) is 0 Å². The summed E-state index contributed by atoms with van der Waals surface area (Å²) in [7, 11) is 0. The number of nitrogens with zero attached hydrogens (tertiary/aromatic N) is 4. The molecule has 0 fully saturated rings. The number of hydrogen-bond acceptors (Lipinski definition) is 7. The Morgan fingerprint density at radius 3 is 2.85 bits per heavy atom. The smallest absolute Gasteiger partial charge is 0.353 e. The van der Waals surface area contributed by atoms with Gasteiger partial charge in [-0.15, -0.1) is 0 Å². The predicted octanol–water partition coefficient (Wildman–Crippen LogP) is 3.23. The molecule has 0 atom stereocenters. The van der Waals surface area contributed by atoms with Crippen LogP contribution in [-0.4, -0.2) is 36.9 Å². The summed E-state index contributed by atoms with van der Waals surface area (Å²) in [6.45, 7) is 0.00587. The molecule has 5 rings (SSSR count). The van der Waals surface area contributed by atoms with E-state index >= 15 is 0 Å². The number of aromatic nitrogens is 5. The van der Waals surface area contributed by atoms with E-state index in [1.807, 2.05) is 0 Å². The van der Waals surface area contributed by atoms with Crippen molar-refractivity contribution >= 4 is 28.7 Å².